The van der Waals surface area contributed by atoms with Gasteiger partial charge in [0.15, 0.2) is 0 Å². The Morgan fingerprint density at radius 1 is 1.32 bits per heavy atom. The standard InChI is InChI=1S/C14H18N2O2S/c1-8-11(14(17)18)13(19-7-9-3-2-4-9)16-12(15-8)10-5-6-10/h9-10H,2-7H2,1H3,(H,17,18). The smallest absolute Gasteiger partial charge is 0.340 e. The molecule has 2 aliphatic carbocycles. The number of hydrogen-bond acceptors (Lipinski definition) is 4. The molecule has 4 nitrogen and oxygen atoms in total. The molecule has 2 aliphatic rings. The minimum atomic E-state index is -0.907. The van der Waals surface area contributed by atoms with E-state index in [2.05, 4.69) is 9.97 Å². The number of aromatic carboxylic acids is 1. The van der Waals surface area contributed by atoms with Crippen LogP contribution in [0.2, 0.25) is 0 Å². The number of nitrogens with zero attached hydrogens (tertiary/aromatic N) is 2. The van der Waals surface area contributed by atoms with E-state index in [0.717, 1.165) is 30.3 Å². The van der Waals surface area contributed by atoms with Gasteiger partial charge in [0, 0.05) is 11.7 Å². The molecule has 102 valence electrons. The van der Waals surface area contributed by atoms with E-state index in [1.807, 2.05) is 0 Å². The van der Waals surface area contributed by atoms with Gasteiger partial charge in [-0.05, 0) is 38.5 Å². The number of aromatic nitrogens is 2. The summed E-state index contributed by atoms with van der Waals surface area (Å²) in [6, 6.07) is 0. The molecule has 0 radical (unpaired) electrons. The van der Waals surface area contributed by atoms with Gasteiger partial charge in [-0.2, -0.15) is 0 Å². The maximum absolute atomic E-state index is 11.4. The van der Waals surface area contributed by atoms with E-state index in [0.29, 0.717) is 22.2 Å². The summed E-state index contributed by atoms with van der Waals surface area (Å²) in [5.41, 5.74) is 0.911. The fourth-order valence-corrected chi connectivity index (χ4v) is 3.56. The van der Waals surface area contributed by atoms with E-state index in [1.165, 1.54) is 19.3 Å². The Kier molecular flexibility index (Phi) is 3.48. The van der Waals surface area contributed by atoms with Crippen LogP contribution in [0.1, 0.15) is 59.9 Å². The lowest BCUT2D eigenvalue weighted by Gasteiger charge is -2.24. The first kappa shape index (κ1) is 12.9. The maximum atomic E-state index is 11.4. The fraction of sp³-hybridized carbons (Fsp3) is 0.643. The van der Waals surface area contributed by atoms with Gasteiger partial charge in [-0.3, -0.25) is 0 Å². The molecule has 0 atom stereocenters. The van der Waals surface area contributed by atoms with Crippen molar-refractivity contribution in [2.75, 3.05) is 5.75 Å². The van der Waals surface area contributed by atoms with Gasteiger partial charge in [0.1, 0.15) is 16.4 Å². The van der Waals surface area contributed by atoms with Crippen molar-refractivity contribution in [3.05, 3.63) is 17.1 Å². The molecular weight excluding hydrogens is 260 g/mol. The van der Waals surface area contributed by atoms with Gasteiger partial charge in [0.05, 0.1) is 5.69 Å². The van der Waals surface area contributed by atoms with Crippen molar-refractivity contribution >= 4 is 17.7 Å². The summed E-state index contributed by atoms with van der Waals surface area (Å²) < 4.78 is 0. The molecule has 5 heteroatoms. The molecule has 1 heterocycles. The molecule has 1 N–H and O–H groups in total. The number of carbonyl (C=O) groups is 1. The summed E-state index contributed by atoms with van der Waals surface area (Å²) >= 11 is 1.60. The second kappa shape index (κ2) is 5.12. The van der Waals surface area contributed by atoms with Crippen molar-refractivity contribution < 1.29 is 9.90 Å². The zero-order valence-corrected chi connectivity index (χ0v) is 11.9. The third-order valence-electron chi connectivity index (χ3n) is 3.91. The van der Waals surface area contributed by atoms with Crippen molar-refractivity contribution in [3.8, 4) is 0 Å². The largest absolute Gasteiger partial charge is 0.478 e. The maximum Gasteiger partial charge on any atom is 0.340 e. The SMILES string of the molecule is Cc1nc(C2CC2)nc(SCC2CCC2)c1C(=O)O. The van der Waals surface area contributed by atoms with Gasteiger partial charge >= 0.3 is 5.97 Å². The zero-order valence-electron chi connectivity index (χ0n) is 11.1. The molecule has 0 bridgehead atoms. The molecule has 2 fully saturated rings. The monoisotopic (exact) mass is 278 g/mol. The Bertz CT molecular complexity index is 510. The fourth-order valence-electron chi connectivity index (χ4n) is 2.30. The molecule has 1 aromatic rings. The van der Waals surface area contributed by atoms with Crippen molar-refractivity contribution in [3.63, 3.8) is 0 Å². The van der Waals surface area contributed by atoms with Crippen LogP contribution in [0.15, 0.2) is 5.03 Å². The molecule has 0 aromatic carbocycles. The summed E-state index contributed by atoms with van der Waals surface area (Å²) in [4.78, 5) is 20.3. The minimum absolute atomic E-state index is 0.300. The second-order valence-electron chi connectivity index (χ2n) is 5.53. The third-order valence-corrected chi connectivity index (χ3v) is 5.12. The Morgan fingerprint density at radius 3 is 2.58 bits per heavy atom. The lowest BCUT2D eigenvalue weighted by molar-refractivity contribution is 0.0690. The van der Waals surface area contributed by atoms with Crippen molar-refractivity contribution in [1.29, 1.82) is 0 Å². The average Bonchev–Trinajstić information content (AvgIpc) is 3.09. The molecule has 0 saturated heterocycles. The van der Waals surface area contributed by atoms with Crippen LogP contribution in [0, 0.1) is 12.8 Å². The van der Waals surface area contributed by atoms with Crippen LogP contribution in [0.3, 0.4) is 0 Å². The van der Waals surface area contributed by atoms with Crippen LogP contribution in [-0.4, -0.2) is 26.8 Å². The predicted molar refractivity (Wildman–Crippen MR) is 73.8 cm³/mol. The quantitative estimate of drug-likeness (QED) is 0.661. The minimum Gasteiger partial charge on any atom is -0.478 e. The van der Waals surface area contributed by atoms with Gasteiger partial charge in [-0.1, -0.05) is 6.42 Å². The van der Waals surface area contributed by atoms with E-state index >= 15 is 0 Å². The normalized spacial score (nSPS) is 19.2. The van der Waals surface area contributed by atoms with Crippen LogP contribution in [0.5, 0.6) is 0 Å². The molecule has 2 saturated carbocycles. The Hall–Kier alpha value is -1.10. The summed E-state index contributed by atoms with van der Waals surface area (Å²) in [5, 5.41) is 10.0. The van der Waals surface area contributed by atoms with Gasteiger partial charge in [-0.15, -0.1) is 11.8 Å². The highest BCUT2D eigenvalue weighted by atomic mass is 32.2. The van der Waals surface area contributed by atoms with Crippen molar-refractivity contribution in [2.24, 2.45) is 5.92 Å². The topological polar surface area (TPSA) is 63.1 Å². The first-order chi connectivity index (χ1) is 9.15. The lowest BCUT2D eigenvalue weighted by Crippen LogP contribution is -2.15. The van der Waals surface area contributed by atoms with Crippen molar-refractivity contribution in [1.82, 2.24) is 9.97 Å². The Balaban J connectivity index is 1.85. The highest BCUT2D eigenvalue weighted by molar-refractivity contribution is 7.99. The Morgan fingerprint density at radius 2 is 2.05 bits per heavy atom. The summed E-state index contributed by atoms with van der Waals surface area (Å²) in [6.07, 6.45) is 6.13. The predicted octanol–water partition coefficient (Wildman–Crippen LogP) is 3.25. The zero-order chi connectivity index (χ0) is 13.4. The van der Waals surface area contributed by atoms with Gasteiger partial charge in [0.25, 0.3) is 0 Å². The van der Waals surface area contributed by atoms with E-state index in [9.17, 15) is 9.90 Å². The molecule has 0 spiro atoms. The van der Waals surface area contributed by atoms with E-state index in [1.54, 1.807) is 18.7 Å². The molecule has 3 rings (SSSR count). The highest BCUT2D eigenvalue weighted by Crippen LogP contribution is 2.40. The summed E-state index contributed by atoms with van der Waals surface area (Å²) in [7, 11) is 0. The van der Waals surface area contributed by atoms with Gasteiger partial charge in [0.2, 0.25) is 0 Å². The number of thioether (sulfide) groups is 1. The number of carboxylic acid groups (broad SMARTS) is 1. The number of aryl methyl sites for hydroxylation is 1. The van der Waals surface area contributed by atoms with Crippen LogP contribution < -0.4 is 0 Å². The van der Waals surface area contributed by atoms with Crippen molar-refractivity contribution in [2.45, 2.75) is 50.0 Å². The molecule has 0 amide bonds. The van der Waals surface area contributed by atoms with Gasteiger partial charge < -0.3 is 5.11 Å². The lowest BCUT2D eigenvalue weighted by atomic mass is 9.87. The van der Waals surface area contributed by atoms with Crippen LogP contribution in [0.25, 0.3) is 0 Å². The molecule has 19 heavy (non-hydrogen) atoms. The second-order valence-corrected chi connectivity index (χ2v) is 6.54. The first-order valence-electron chi connectivity index (χ1n) is 6.89. The number of rotatable bonds is 5. The Labute approximate surface area is 117 Å². The summed E-state index contributed by atoms with van der Waals surface area (Å²) in [5.74, 6) is 2.13. The van der Waals surface area contributed by atoms with Gasteiger partial charge in [-0.25, -0.2) is 14.8 Å². The molecular formula is C14H18N2O2S. The first-order valence-corrected chi connectivity index (χ1v) is 7.88. The average molecular weight is 278 g/mol. The van der Waals surface area contributed by atoms with E-state index in [4.69, 9.17) is 0 Å². The molecule has 0 unspecified atom stereocenters. The van der Waals surface area contributed by atoms with Crippen LogP contribution in [0.4, 0.5) is 0 Å². The number of hydrogen-bond donors (Lipinski definition) is 1. The third kappa shape index (κ3) is 2.76. The highest BCUT2D eigenvalue weighted by Gasteiger charge is 2.29. The molecule has 0 aliphatic heterocycles. The van der Waals surface area contributed by atoms with E-state index < -0.39 is 5.97 Å². The van der Waals surface area contributed by atoms with Crippen LogP contribution >= 0.6 is 11.8 Å². The van der Waals surface area contributed by atoms with Crippen LogP contribution in [-0.2, 0) is 0 Å². The molecule has 1 aromatic heterocycles. The summed E-state index contributed by atoms with van der Waals surface area (Å²) in [6.45, 7) is 1.78. The van der Waals surface area contributed by atoms with E-state index in [-0.39, 0.29) is 0 Å². The number of carboxylic acids is 1.